The molecule has 2 unspecified atom stereocenters. The second-order valence-electron chi connectivity index (χ2n) is 8.46. The number of nitrogens with one attached hydrogen (secondary N) is 1. The molecule has 0 spiro atoms. The molecule has 0 radical (unpaired) electrons. The number of unbranched alkanes of at least 4 members (excludes halogenated alkanes) is 5. The fourth-order valence-corrected chi connectivity index (χ4v) is 3.92. The summed E-state index contributed by atoms with van der Waals surface area (Å²) in [6.45, 7) is 9.57. The van der Waals surface area contributed by atoms with Crippen LogP contribution >= 0.6 is 0 Å². The molecule has 0 fully saturated rings. The molecule has 1 rings (SSSR count). The van der Waals surface area contributed by atoms with Crippen molar-refractivity contribution in [2.45, 2.75) is 104 Å². The van der Waals surface area contributed by atoms with Gasteiger partial charge in [-0.2, -0.15) is 0 Å². The highest BCUT2D eigenvalue weighted by Crippen LogP contribution is 2.29. The van der Waals surface area contributed by atoms with Crippen molar-refractivity contribution in [3.05, 3.63) is 35.4 Å². The van der Waals surface area contributed by atoms with E-state index in [9.17, 15) is 9.59 Å². The normalized spacial score (nSPS) is 14.1. The van der Waals surface area contributed by atoms with Crippen molar-refractivity contribution >= 4 is 11.9 Å². The van der Waals surface area contributed by atoms with Gasteiger partial charge < -0.3 is 10.1 Å². The van der Waals surface area contributed by atoms with E-state index in [1.807, 2.05) is 6.92 Å². The maximum atomic E-state index is 11.8. The van der Waals surface area contributed by atoms with Crippen molar-refractivity contribution in [2.75, 3.05) is 6.61 Å². The van der Waals surface area contributed by atoms with Crippen LogP contribution in [-0.2, 0) is 20.7 Å². The van der Waals surface area contributed by atoms with E-state index in [1.165, 1.54) is 63.5 Å². The lowest BCUT2D eigenvalue weighted by Gasteiger charge is -2.35. The van der Waals surface area contributed by atoms with Crippen molar-refractivity contribution in [1.29, 1.82) is 0 Å². The van der Waals surface area contributed by atoms with Gasteiger partial charge in [0, 0.05) is 13.8 Å². The number of amides is 1. The number of ether oxygens (including phenoxy) is 1. The molecular weight excluding hydrogens is 362 g/mol. The van der Waals surface area contributed by atoms with Crippen molar-refractivity contribution in [3.63, 3.8) is 0 Å². The highest BCUT2D eigenvalue weighted by atomic mass is 16.5. The van der Waals surface area contributed by atoms with Crippen LogP contribution < -0.4 is 5.32 Å². The average Bonchev–Trinajstić information content (AvgIpc) is 2.68. The number of rotatable bonds is 14. The average molecular weight is 404 g/mol. The summed E-state index contributed by atoms with van der Waals surface area (Å²) in [5, 5.41) is 3.04. The van der Waals surface area contributed by atoms with E-state index in [0.717, 1.165) is 12.8 Å². The molecular formula is C25H41NO3. The Kier molecular flexibility index (Phi) is 11.6. The van der Waals surface area contributed by atoms with E-state index >= 15 is 0 Å². The third-order valence-corrected chi connectivity index (χ3v) is 5.73. The van der Waals surface area contributed by atoms with Gasteiger partial charge in [-0.05, 0) is 42.7 Å². The summed E-state index contributed by atoms with van der Waals surface area (Å²) in [6, 6.07) is 8.88. The van der Waals surface area contributed by atoms with Crippen molar-refractivity contribution in [1.82, 2.24) is 5.32 Å². The molecule has 0 aliphatic rings. The van der Waals surface area contributed by atoms with Gasteiger partial charge in [0.05, 0.1) is 5.54 Å². The highest BCUT2D eigenvalue weighted by molar-refractivity contribution is 5.74. The first kappa shape index (κ1) is 25.2. The Morgan fingerprint density at radius 3 is 2.17 bits per heavy atom. The van der Waals surface area contributed by atoms with Gasteiger partial charge in [0.1, 0.15) is 6.61 Å². The standard InChI is InChI=1S/C25H41NO3/c1-6-8-9-10-11-12-13-23-14-16-24(17-15-23)20(3)18-25(7-2,26-21(4)27)19-29-22(5)28/h14-17,20H,6-13,18-19H2,1-5H3,(H,26,27). The van der Waals surface area contributed by atoms with Crippen LogP contribution in [0.25, 0.3) is 0 Å². The number of benzene rings is 1. The third kappa shape index (κ3) is 9.96. The molecule has 2 atom stereocenters. The van der Waals surface area contributed by atoms with E-state index in [-0.39, 0.29) is 24.4 Å². The second-order valence-corrected chi connectivity index (χ2v) is 8.46. The van der Waals surface area contributed by atoms with Crippen LogP contribution in [0, 0.1) is 0 Å². The van der Waals surface area contributed by atoms with Crippen LogP contribution in [-0.4, -0.2) is 24.0 Å². The largest absolute Gasteiger partial charge is 0.463 e. The van der Waals surface area contributed by atoms with Crippen LogP contribution in [0.3, 0.4) is 0 Å². The van der Waals surface area contributed by atoms with Gasteiger partial charge in [-0.15, -0.1) is 0 Å². The number of carbonyl (C=O) groups is 2. The molecule has 1 aromatic rings. The Morgan fingerprint density at radius 2 is 1.62 bits per heavy atom. The summed E-state index contributed by atoms with van der Waals surface area (Å²) >= 11 is 0. The molecule has 0 saturated carbocycles. The maximum absolute atomic E-state index is 11.8. The van der Waals surface area contributed by atoms with E-state index < -0.39 is 5.54 Å². The molecule has 164 valence electrons. The van der Waals surface area contributed by atoms with Crippen molar-refractivity contribution in [3.8, 4) is 0 Å². The minimum absolute atomic E-state index is 0.0968. The minimum Gasteiger partial charge on any atom is -0.463 e. The van der Waals surface area contributed by atoms with E-state index in [1.54, 1.807) is 0 Å². The summed E-state index contributed by atoms with van der Waals surface area (Å²) in [5.74, 6) is -0.166. The van der Waals surface area contributed by atoms with Crippen LogP contribution in [0.4, 0.5) is 0 Å². The molecule has 0 bridgehead atoms. The Balaban J connectivity index is 2.66. The molecule has 4 heteroatoms. The fraction of sp³-hybridized carbons (Fsp3) is 0.680. The summed E-state index contributed by atoms with van der Waals surface area (Å²) in [5.41, 5.74) is 2.11. The Hall–Kier alpha value is -1.84. The number of esters is 1. The summed E-state index contributed by atoms with van der Waals surface area (Å²) in [6.07, 6.45) is 10.5. The van der Waals surface area contributed by atoms with E-state index in [2.05, 4.69) is 43.4 Å². The molecule has 4 nitrogen and oxygen atoms in total. The molecule has 0 heterocycles. The maximum Gasteiger partial charge on any atom is 0.302 e. The minimum atomic E-state index is -0.534. The Bertz CT molecular complexity index is 611. The summed E-state index contributed by atoms with van der Waals surface area (Å²) in [7, 11) is 0. The first-order valence-corrected chi connectivity index (χ1v) is 11.3. The first-order chi connectivity index (χ1) is 13.8. The molecule has 0 aliphatic heterocycles. The monoisotopic (exact) mass is 403 g/mol. The molecule has 0 aliphatic carbocycles. The van der Waals surface area contributed by atoms with Crippen LogP contribution in [0.2, 0.25) is 0 Å². The third-order valence-electron chi connectivity index (χ3n) is 5.73. The van der Waals surface area contributed by atoms with Gasteiger partial charge in [-0.3, -0.25) is 9.59 Å². The van der Waals surface area contributed by atoms with Gasteiger partial charge in [0.15, 0.2) is 0 Å². The summed E-state index contributed by atoms with van der Waals surface area (Å²) in [4.78, 5) is 23.1. The number of aryl methyl sites for hydroxylation is 1. The van der Waals surface area contributed by atoms with E-state index in [0.29, 0.717) is 6.42 Å². The molecule has 0 aromatic heterocycles. The predicted octanol–water partition coefficient (Wildman–Crippen LogP) is 5.93. The van der Waals surface area contributed by atoms with Gasteiger partial charge in [-0.25, -0.2) is 0 Å². The molecule has 1 N–H and O–H groups in total. The lowest BCUT2D eigenvalue weighted by Crippen LogP contribution is -2.52. The lowest BCUT2D eigenvalue weighted by atomic mass is 9.82. The van der Waals surface area contributed by atoms with Gasteiger partial charge in [0.2, 0.25) is 5.91 Å². The lowest BCUT2D eigenvalue weighted by molar-refractivity contribution is -0.144. The Morgan fingerprint density at radius 1 is 1.00 bits per heavy atom. The quantitative estimate of drug-likeness (QED) is 0.309. The van der Waals surface area contributed by atoms with Crippen molar-refractivity contribution < 1.29 is 14.3 Å². The van der Waals surface area contributed by atoms with Crippen molar-refractivity contribution in [2.24, 2.45) is 0 Å². The SMILES string of the molecule is CCCCCCCCc1ccc(C(C)CC(CC)(COC(C)=O)NC(C)=O)cc1. The van der Waals surface area contributed by atoms with Gasteiger partial charge in [0.25, 0.3) is 0 Å². The number of hydrogen-bond acceptors (Lipinski definition) is 3. The first-order valence-electron chi connectivity index (χ1n) is 11.3. The zero-order valence-corrected chi connectivity index (χ0v) is 19.2. The van der Waals surface area contributed by atoms with Crippen LogP contribution in [0.1, 0.15) is 103 Å². The zero-order chi connectivity index (χ0) is 21.7. The zero-order valence-electron chi connectivity index (χ0n) is 19.2. The second kappa shape index (κ2) is 13.4. The number of carbonyl (C=O) groups excluding carboxylic acids is 2. The van der Waals surface area contributed by atoms with Crippen LogP contribution in [0.5, 0.6) is 0 Å². The molecule has 0 saturated heterocycles. The Labute approximate surface area is 177 Å². The van der Waals surface area contributed by atoms with Gasteiger partial charge >= 0.3 is 5.97 Å². The van der Waals surface area contributed by atoms with Crippen LogP contribution in [0.15, 0.2) is 24.3 Å². The van der Waals surface area contributed by atoms with Gasteiger partial charge in [-0.1, -0.05) is 77.1 Å². The molecule has 29 heavy (non-hydrogen) atoms. The molecule has 1 aromatic carbocycles. The summed E-state index contributed by atoms with van der Waals surface area (Å²) < 4.78 is 5.28. The highest BCUT2D eigenvalue weighted by Gasteiger charge is 2.33. The van der Waals surface area contributed by atoms with E-state index in [4.69, 9.17) is 4.74 Å². The topological polar surface area (TPSA) is 55.4 Å². The predicted molar refractivity (Wildman–Crippen MR) is 120 cm³/mol. The number of hydrogen-bond donors (Lipinski definition) is 1. The fourth-order valence-electron chi connectivity index (χ4n) is 3.92. The smallest absolute Gasteiger partial charge is 0.302 e. The molecule has 1 amide bonds.